The topological polar surface area (TPSA) is 52.6 Å². The van der Waals surface area contributed by atoms with Crippen molar-refractivity contribution in [2.24, 2.45) is 0 Å². The summed E-state index contributed by atoms with van der Waals surface area (Å²) in [7, 11) is 2.45. The summed E-state index contributed by atoms with van der Waals surface area (Å²) in [4.78, 5) is 20.6. The van der Waals surface area contributed by atoms with Crippen molar-refractivity contribution in [3.05, 3.63) is 12.2 Å². The molecule has 0 unspecified atom stereocenters. The van der Waals surface area contributed by atoms with Gasteiger partial charge in [-0.15, -0.1) is 0 Å². The fourth-order valence-corrected chi connectivity index (χ4v) is 5.16. The molecule has 4 nitrogen and oxygen atoms in total. The van der Waals surface area contributed by atoms with Crippen molar-refractivity contribution in [1.29, 1.82) is 0 Å². The summed E-state index contributed by atoms with van der Waals surface area (Å²) in [5.41, 5.74) is 0. The molecule has 0 amide bonds. The largest absolute Gasteiger partial charge is 0.466 e. The predicted molar refractivity (Wildman–Crippen MR) is 78.4 cm³/mol. The summed E-state index contributed by atoms with van der Waals surface area (Å²) in [6.07, 6.45) is 7.82. The Kier molecular flexibility index (Phi) is 19.1. The molecule has 19 heavy (non-hydrogen) atoms. The van der Waals surface area contributed by atoms with Crippen LogP contribution in [0, 0.1) is 0 Å². The third kappa shape index (κ3) is 20.0. The average molecular weight is 377 g/mol. The van der Waals surface area contributed by atoms with Gasteiger partial charge in [0.15, 0.2) is 0 Å². The number of hydrogen-bond acceptors (Lipinski definition) is 4. The molecule has 5 heteroatoms. The summed E-state index contributed by atoms with van der Waals surface area (Å²) >= 11 is 0.149. The monoisotopic (exact) mass is 378 g/mol. The van der Waals surface area contributed by atoms with Crippen molar-refractivity contribution in [2.45, 2.75) is 48.4 Å². The number of unbranched alkanes of at least 4 members (excludes halogenated alkanes) is 2. The molecular formula is C14H26O4Sn. The van der Waals surface area contributed by atoms with Crippen LogP contribution in [0.5, 0.6) is 0 Å². The Balaban J connectivity index is 0. The van der Waals surface area contributed by atoms with E-state index in [2.05, 4.69) is 23.3 Å². The van der Waals surface area contributed by atoms with Crippen molar-refractivity contribution in [1.82, 2.24) is 0 Å². The van der Waals surface area contributed by atoms with Crippen molar-refractivity contribution in [3.8, 4) is 0 Å². The van der Waals surface area contributed by atoms with E-state index in [0.29, 0.717) is 0 Å². The molecule has 0 rings (SSSR count). The Morgan fingerprint density at radius 1 is 0.895 bits per heavy atom. The molecule has 0 bridgehead atoms. The van der Waals surface area contributed by atoms with Gasteiger partial charge in [0.05, 0.1) is 14.2 Å². The molecule has 0 aliphatic heterocycles. The van der Waals surface area contributed by atoms with E-state index in [4.69, 9.17) is 0 Å². The first-order valence-electron chi connectivity index (χ1n) is 6.66. The summed E-state index contributed by atoms with van der Waals surface area (Å²) < 4.78 is 11.7. The maximum Gasteiger partial charge on any atom is 0.330 e. The Hall–Kier alpha value is -0.521. The Morgan fingerprint density at radius 3 is 1.53 bits per heavy atom. The minimum Gasteiger partial charge on any atom is -0.466 e. The van der Waals surface area contributed by atoms with Crippen LogP contribution in [-0.4, -0.2) is 47.3 Å². The van der Waals surface area contributed by atoms with Gasteiger partial charge in [0.25, 0.3) is 0 Å². The second-order valence-corrected chi connectivity index (χ2v) is 8.12. The molecule has 110 valence electrons. The first-order valence-corrected chi connectivity index (χ1v) is 10.7. The molecular weight excluding hydrogens is 351 g/mol. The maximum absolute atomic E-state index is 10.3. The van der Waals surface area contributed by atoms with Crippen LogP contribution in [0.1, 0.15) is 39.5 Å². The van der Waals surface area contributed by atoms with Crippen LogP contribution in [0.3, 0.4) is 0 Å². The zero-order valence-electron chi connectivity index (χ0n) is 12.5. The molecule has 0 spiro atoms. The molecule has 0 heterocycles. The maximum atomic E-state index is 10.3. The Labute approximate surface area is 127 Å². The fraction of sp³-hybridized carbons (Fsp3) is 0.714. The van der Waals surface area contributed by atoms with Crippen molar-refractivity contribution in [3.63, 3.8) is 0 Å². The third-order valence-corrected chi connectivity index (χ3v) is 6.21. The van der Waals surface area contributed by atoms with E-state index in [0.717, 1.165) is 12.2 Å². The standard InChI is InChI=1S/C6H8O4.2C4H9.Sn/c1-9-5(7)3-4-6(8)10-2;2*1-3-4-2;/h3-4H,1-2H3;2*1,3-4H2,2H3;/b4-3-;;;. The zero-order valence-corrected chi connectivity index (χ0v) is 15.4. The minimum atomic E-state index is -0.578. The molecule has 0 saturated heterocycles. The van der Waals surface area contributed by atoms with Gasteiger partial charge in [0.1, 0.15) is 0 Å². The number of carbonyl (C=O) groups is 2. The molecule has 0 N–H and O–H groups in total. The van der Waals surface area contributed by atoms with Gasteiger partial charge in [-0.3, -0.25) is 0 Å². The van der Waals surface area contributed by atoms with E-state index >= 15 is 0 Å². The molecule has 0 aromatic rings. The fourth-order valence-electron chi connectivity index (χ4n) is 1.00. The predicted octanol–water partition coefficient (Wildman–Crippen LogP) is 3.02. The summed E-state index contributed by atoms with van der Waals surface area (Å²) in [6, 6.07) is 0. The van der Waals surface area contributed by atoms with Crippen LogP contribution in [0.2, 0.25) is 8.87 Å². The molecule has 0 saturated carbocycles. The number of hydrogen-bond donors (Lipinski definition) is 0. The Morgan fingerprint density at radius 2 is 1.26 bits per heavy atom. The van der Waals surface area contributed by atoms with E-state index in [1.807, 2.05) is 0 Å². The van der Waals surface area contributed by atoms with Gasteiger partial charge in [-0.05, 0) is 0 Å². The van der Waals surface area contributed by atoms with Crippen LogP contribution < -0.4 is 0 Å². The van der Waals surface area contributed by atoms with Crippen molar-refractivity contribution < 1.29 is 19.1 Å². The zero-order chi connectivity index (χ0) is 14.9. The average Bonchev–Trinajstić information content (AvgIpc) is 2.44. The number of methoxy groups -OCH3 is 2. The normalized spacial score (nSPS) is 9.68. The van der Waals surface area contributed by atoms with Gasteiger partial charge in [0.2, 0.25) is 0 Å². The van der Waals surface area contributed by atoms with E-state index in [-0.39, 0.29) is 21.1 Å². The van der Waals surface area contributed by atoms with Gasteiger partial charge in [0, 0.05) is 12.2 Å². The van der Waals surface area contributed by atoms with E-state index in [1.165, 1.54) is 39.9 Å². The molecule has 0 aromatic carbocycles. The van der Waals surface area contributed by atoms with Crippen LogP contribution >= 0.6 is 0 Å². The van der Waals surface area contributed by atoms with Gasteiger partial charge in [-0.2, -0.15) is 0 Å². The first kappa shape index (κ1) is 20.8. The quantitative estimate of drug-likeness (QED) is 0.283. The van der Waals surface area contributed by atoms with Gasteiger partial charge in [-0.25, -0.2) is 9.59 Å². The summed E-state index contributed by atoms with van der Waals surface area (Å²) in [5.74, 6) is -1.16. The summed E-state index contributed by atoms with van der Waals surface area (Å²) in [6.45, 7) is 4.58. The van der Waals surface area contributed by atoms with Gasteiger partial charge < -0.3 is 9.47 Å². The van der Waals surface area contributed by atoms with Crippen molar-refractivity contribution in [2.75, 3.05) is 14.2 Å². The molecule has 2 radical (unpaired) electrons. The number of carbonyl (C=O) groups excluding carboxylic acids is 2. The van der Waals surface area contributed by atoms with Crippen LogP contribution in [0.25, 0.3) is 0 Å². The number of rotatable bonds is 8. The molecule has 0 aromatic heterocycles. The first-order chi connectivity index (χ1) is 9.12. The SMILES string of the molecule is CCC[CH2][Sn][CH2]CCC.COC(=O)/C=C\C(=O)OC. The van der Waals surface area contributed by atoms with Crippen LogP contribution in [-0.2, 0) is 19.1 Å². The van der Waals surface area contributed by atoms with E-state index in [1.54, 1.807) is 8.87 Å². The van der Waals surface area contributed by atoms with Crippen molar-refractivity contribution >= 4 is 33.1 Å². The minimum absolute atomic E-state index is 0.149. The second-order valence-electron chi connectivity index (χ2n) is 3.84. The summed E-state index contributed by atoms with van der Waals surface area (Å²) in [5, 5.41) is 0. The molecule has 0 fully saturated rings. The van der Waals surface area contributed by atoms with E-state index in [9.17, 15) is 9.59 Å². The van der Waals surface area contributed by atoms with E-state index < -0.39 is 11.9 Å². The van der Waals surface area contributed by atoms with Gasteiger partial charge >= 0.3 is 81.5 Å². The van der Waals surface area contributed by atoms with Gasteiger partial charge in [-0.1, -0.05) is 0 Å². The van der Waals surface area contributed by atoms with Crippen LogP contribution in [0.4, 0.5) is 0 Å². The molecule has 0 aliphatic rings. The number of ether oxygens (including phenoxy) is 2. The molecule has 0 atom stereocenters. The number of esters is 2. The Bertz CT molecular complexity index is 228. The smallest absolute Gasteiger partial charge is 0.330 e. The second kappa shape index (κ2) is 17.5. The van der Waals surface area contributed by atoms with Crippen LogP contribution in [0.15, 0.2) is 12.2 Å². The molecule has 0 aliphatic carbocycles. The third-order valence-electron chi connectivity index (χ3n) is 2.17.